The topological polar surface area (TPSA) is 54.0 Å². The first-order valence-electron chi connectivity index (χ1n) is 6.46. The zero-order valence-electron chi connectivity index (χ0n) is 11.4. The van der Waals surface area contributed by atoms with Crippen molar-refractivity contribution in [3.63, 3.8) is 0 Å². The molecule has 0 fully saturated rings. The molecule has 0 spiro atoms. The highest BCUT2D eigenvalue weighted by Crippen LogP contribution is 2.22. The number of hydrogen-bond acceptors (Lipinski definition) is 3. The SMILES string of the molecule is C[C@H](NCC(=O)Nc1cccnc1Cl)c1ccccc1Cl. The molecule has 0 saturated carbocycles. The number of carbonyl (C=O) groups excluding carboxylic acids is 1. The van der Waals surface area contributed by atoms with Gasteiger partial charge in [-0.05, 0) is 30.7 Å². The third-order valence-corrected chi connectivity index (χ3v) is 3.62. The van der Waals surface area contributed by atoms with Gasteiger partial charge in [-0.2, -0.15) is 0 Å². The number of nitrogens with one attached hydrogen (secondary N) is 2. The maximum Gasteiger partial charge on any atom is 0.238 e. The van der Waals surface area contributed by atoms with Crippen LogP contribution in [-0.2, 0) is 4.79 Å². The van der Waals surface area contributed by atoms with Gasteiger partial charge in [0.15, 0.2) is 5.15 Å². The van der Waals surface area contributed by atoms with Crippen LogP contribution in [0.1, 0.15) is 18.5 Å². The fourth-order valence-electron chi connectivity index (χ4n) is 1.86. The third-order valence-electron chi connectivity index (χ3n) is 2.97. The lowest BCUT2D eigenvalue weighted by atomic mass is 10.1. The largest absolute Gasteiger partial charge is 0.322 e. The highest BCUT2D eigenvalue weighted by atomic mass is 35.5. The summed E-state index contributed by atoms with van der Waals surface area (Å²) in [5.74, 6) is -0.191. The van der Waals surface area contributed by atoms with Crippen molar-refractivity contribution in [3.05, 3.63) is 58.3 Å². The van der Waals surface area contributed by atoms with E-state index in [1.165, 1.54) is 0 Å². The van der Waals surface area contributed by atoms with E-state index in [-0.39, 0.29) is 23.6 Å². The molecule has 21 heavy (non-hydrogen) atoms. The van der Waals surface area contributed by atoms with Crippen LogP contribution in [0, 0.1) is 0 Å². The minimum Gasteiger partial charge on any atom is -0.322 e. The van der Waals surface area contributed by atoms with Crippen LogP contribution in [0.4, 0.5) is 5.69 Å². The van der Waals surface area contributed by atoms with Crippen molar-refractivity contribution in [2.45, 2.75) is 13.0 Å². The van der Waals surface area contributed by atoms with Gasteiger partial charge >= 0.3 is 0 Å². The summed E-state index contributed by atoms with van der Waals surface area (Å²) in [6, 6.07) is 10.9. The number of pyridine rings is 1. The standard InChI is InChI=1S/C15H15Cl2N3O/c1-10(11-5-2-3-6-12(11)16)19-9-14(21)20-13-7-4-8-18-15(13)17/h2-8,10,19H,9H2,1H3,(H,20,21)/t10-/m0/s1. The van der Waals surface area contributed by atoms with Gasteiger partial charge in [-0.1, -0.05) is 41.4 Å². The van der Waals surface area contributed by atoms with E-state index in [2.05, 4.69) is 15.6 Å². The lowest BCUT2D eigenvalue weighted by Gasteiger charge is -2.15. The van der Waals surface area contributed by atoms with Gasteiger partial charge in [0.2, 0.25) is 5.91 Å². The summed E-state index contributed by atoms with van der Waals surface area (Å²) in [6.45, 7) is 2.10. The monoisotopic (exact) mass is 323 g/mol. The molecule has 1 heterocycles. The fourth-order valence-corrected chi connectivity index (χ4v) is 2.32. The normalized spacial score (nSPS) is 12.0. The molecule has 0 aliphatic heterocycles. The zero-order chi connectivity index (χ0) is 15.2. The quantitative estimate of drug-likeness (QED) is 0.825. The minimum atomic E-state index is -0.191. The molecular weight excluding hydrogens is 309 g/mol. The lowest BCUT2D eigenvalue weighted by Crippen LogP contribution is -2.30. The van der Waals surface area contributed by atoms with E-state index in [1.54, 1.807) is 18.3 Å². The van der Waals surface area contributed by atoms with Gasteiger partial charge in [-0.15, -0.1) is 0 Å². The first kappa shape index (κ1) is 15.8. The molecule has 1 aromatic carbocycles. The molecule has 1 aromatic heterocycles. The molecule has 4 nitrogen and oxygen atoms in total. The molecule has 2 aromatic rings. The Balaban J connectivity index is 1.90. The summed E-state index contributed by atoms with van der Waals surface area (Å²) in [5, 5.41) is 6.76. The molecule has 0 radical (unpaired) electrons. The van der Waals surface area contributed by atoms with Gasteiger partial charge in [-0.25, -0.2) is 4.98 Å². The van der Waals surface area contributed by atoms with Crippen molar-refractivity contribution in [1.82, 2.24) is 10.3 Å². The molecule has 1 atom stereocenters. The van der Waals surface area contributed by atoms with E-state index < -0.39 is 0 Å². The first-order valence-corrected chi connectivity index (χ1v) is 7.21. The average molecular weight is 324 g/mol. The number of halogens is 2. The number of nitrogens with zero attached hydrogens (tertiary/aromatic N) is 1. The van der Waals surface area contributed by atoms with Crippen molar-refractivity contribution in [2.75, 3.05) is 11.9 Å². The van der Waals surface area contributed by atoms with Crippen LogP contribution in [-0.4, -0.2) is 17.4 Å². The Morgan fingerprint density at radius 1 is 1.24 bits per heavy atom. The molecule has 110 valence electrons. The molecule has 0 aliphatic rings. The Morgan fingerprint density at radius 2 is 2.00 bits per heavy atom. The summed E-state index contributed by atoms with van der Waals surface area (Å²) in [5.41, 5.74) is 1.45. The summed E-state index contributed by atoms with van der Waals surface area (Å²) in [6.07, 6.45) is 1.57. The van der Waals surface area contributed by atoms with Crippen LogP contribution in [0.3, 0.4) is 0 Å². The van der Waals surface area contributed by atoms with Crippen LogP contribution < -0.4 is 10.6 Å². The summed E-state index contributed by atoms with van der Waals surface area (Å²) < 4.78 is 0. The Morgan fingerprint density at radius 3 is 2.71 bits per heavy atom. The summed E-state index contributed by atoms with van der Waals surface area (Å²) >= 11 is 12.0. The minimum absolute atomic E-state index is 0.0335. The van der Waals surface area contributed by atoms with E-state index >= 15 is 0 Å². The molecule has 2 rings (SSSR count). The predicted molar refractivity (Wildman–Crippen MR) is 85.7 cm³/mol. The van der Waals surface area contributed by atoms with Crippen LogP contribution in [0.5, 0.6) is 0 Å². The van der Waals surface area contributed by atoms with E-state index in [1.807, 2.05) is 31.2 Å². The van der Waals surface area contributed by atoms with Gasteiger partial charge < -0.3 is 10.6 Å². The van der Waals surface area contributed by atoms with E-state index in [4.69, 9.17) is 23.2 Å². The van der Waals surface area contributed by atoms with Crippen LogP contribution in [0.2, 0.25) is 10.2 Å². The van der Waals surface area contributed by atoms with Gasteiger partial charge in [0.25, 0.3) is 0 Å². The second-order valence-corrected chi connectivity index (χ2v) is 5.28. The Hall–Kier alpha value is -1.62. The number of carbonyl (C=O) groups is 1. The summed E-state index contributed by atoms with van der Waals surface area (Å²) in [7, 11) is 0. The van der Waals surface area contributed by atoms with Gasteiger partial charge in [0, 0.05) is 17.3 Å². The maximum absolute atomic E-state index is 11.9. The molecule has 0 unspecified atom stereocenters. The number of aromatic nitrogens is 1. The molecule has 2 N–H and O–H groups in total. The maximum atomic E-state index is 11.9. The first-order chi connectivity index (χ1) is 10.1. The zero-order valence-corrected chi connectivity index (χ0v) is 12.9. The second kappa shape index (κ2) is 7.41. The molecule has 0 aliphatic carbocycles. The van der Waals surface area contributed by atoms with Crippen molar-refractivity contribution in [2.24, 2.45) is 0 Å². The number of rotatable bonds is 5. The van der Waals surface area contributed by atoms with E-state index in [9.17, 15) is 4.79 Å². The van der Waals surface area contributed by atoms with Crippen molar-refractivity contribution in [1.29, 1.82) is 0 Å². The van der Waals surface area contributed by atoms with Gasteiger partial charge in [0.05, 0.1) is 12.2 Å². The highest BCUT2D eigenvalue weighted by Gasteiger charge is 2.11. The molecular formula is C15H15Cl2N3O. The third kappa shape index (κ3) is 4.43. The fraction of sp³-hybridized carbons (Fsp3) is 0.200. The molecule has 1 amide bonds. The number of benzene rings is 1. The van der Waals surface area contributed by atoms with Crippen molar-refractivity contribution >= 4 is 34.8 Å². The number of hydrogen-bond donors (Lipinski definition) is 2. The molecule has 0 saturated heterocycles. The Kier molecular flexibility index (Phi) is 5.56. The van der Waals surface area contributed by atoms with Crippen LogP contribution in [0.15, 0.2) is 42.6 Å². The van der Waals surface area contributed by atoms with Crippen LogP contribution in [0.25, 0.3) is 0 Å². The van der Waals surface area contributed by atoms with E-state index in [0.717, 1.165) is 5.56 Å². The molecule has 6 heteroatoms. The lowest BCUT2D eigenvalue weighted by molar-refractivity contribution is -0.115. The Labute approximate surface area is 133 Å². The highest BCUT2D eigenvalue weighted by molar-refractivity contribution is 6.32. The average Bonchev–Trinajstić information content (AvgIpc) is 2.48. The smallest absolute Gasteiger partial charge is 0.238 e. The Bertz CT molecular complexity index is 634. The molecule has 0 bridgehead atoms. The second-order valence-electron chi connectivity index (χ2n) is 4.51. The van der Waals surface area contributed by atoms with Crippen LogP contribution >= 0.6 is 23.2 Å². The van der Waals surface area contributed by atoms with Gasteiger partial charge in [-0.3, -0.25) is 4.79 Å². The van der Waals surface area contributed by atoms with E-state index in [0.29, 0.717) is 10.7 Å². The van der Waals surface area contributed by atoms with Crippen molar-refractivity contribution < 1.29 is 4.79 Å². The van der Waals surface area contributed by atoms with Gasteiger partial charge in [0.1, 0.15) is 0 Å². The van der Waals surface area contributed by atoms with Crippen molar-refractivity contribution in [3.8, 4) is 0 Å². The number of amides is 1. The summed E-state index contributed by atoms with van der Waals surface area (Å²) in [4.78, 5) is 15.8. The predicted octanol–water partition coefficient (Wildman–Crippen LogP) is 3.68. The number of anilines is 1.